The molecule has 0 aliphatic carbocycles. The zero-order chi connectivity index (χ0) is 13.1. The fraction of sp³-hybridized carbons (Fsp3) is 0.462. The van der Waals surface area contributed by atoms with Gasteiger partial charge in [0.05, 0.1) is 0 Å². The third kappa shape index (κ3) is 2.65. The van der Waals surface area contributed by atoms with Crippen LogP contribution in [0.5, 0.6) is 0 Å². The van der Waals surface area contributed by atoms with Crippen LogP contribution < -0.4 is 0 Å². The van der Waals surface area contributed by atoms with Gasteiger partial charge >= 0.3 is 5.97 Å². The van der Waals surface area contributed by atoms with Crippen molar-refractivity contribution in [3.05, 3.63) is 34.6 Å². The largest absolute Gasteiger partial charge is 0.480 e. The number of nitrogens with zero attached hydrogens (tertiary/aromatic N) is 1. The maximum absolute atomic E-state index is 13.8. The second-order valence-corrected chi connectivity index (χ2v) is 4.88. The monoisotopic (exact) mass is 271 g/mol. The maximum Gasteiger partial charge on any atom is 0.325 e. The fourth-order valence-corrected chi connectivity index (χ4v) is 2.68. The lowest BCUT2D eigenvalue weighted by Gasteiger charge is -2.32. The van der Waals surface area contributed by atoms with Crippen molar-refractivity contribution in [1.82, 2.24) is 4.90 Å². The summed E-state index contributed by atoms with van der Waals surface area (Å²) in [6.07, 6.45) is 2.97. The highest BCUT2D eigenvalue weighted by molar-refractivity contribution is 6.31. The van der Waals surface area contributed by atoms with E-state index < -0.39 is 17.8 Å². The van der Waals surface area contributed by atoms with Gasteiger partial charge < -0.3 is 5.11 Å². The first-order chi connectivity index (χ1) is 8.61. The zero-order valence-electron chi connectivity index (χ0n) is 9.90. The Morgan fingerprint density at radius 2 is 2.00 bits per heavy atom. The van der Waals surface area contributed by atoms with Crippen molar-refractivity contribution in [2.75, 3.05) is 13.1 Å². The van der Waals surface area contributed by atoms with E-state index in [4.69, 9.17) is 11.6 Å². The number of carboxylic acid groups (broad SMARTS) is 1. The summed E-state index contributed by atoms with van der Waals surface area (Å²) in [5, 5.41) is 9.53. The van der Waals surface area contributed by atoms with E-state index in [9.17, 15) is 14.3 Å². The topological polar surface area (TPSA) is 40.5 Å². The van der Waals surface area contributed by atoms with E-state index in [1.54, 1.807) is 4.90 Å². The maximum atomic E-state index is 13.8. The number of hydrogen-bond donors (Lipinski definition) is 1. The highest BCUT2D eigenvalue weighted by Crippen LogP contribution is 2.32. The van der Waals surface area contributed by atoms with Gasteiger partial charge in [-0.2, -0.15) is 0 Å². The molecule has 1 aliphatic rings. The molecule has 1 atom stereocenters. The molecule has 0 unspecified atom stereocenters. The first-order valence-corrected chi connectivity index (χ1v) is 6.40. The molecule has 18 heavy (non-hydrogen) atoms. The minimum atomic E-state index is -1.05. The second-order valence-electron chi connectivity index (χ2n) is 4.47. The molecule has 1 aromatic rings. The van der Waals surface area contributed by atoms with Gasteiger partial charge in [-0.15, -0.1) is 0 Å². The third-order valence-corrected chi connectivity index (χ3v) is 3.59. The van der Waals surface area contributed by atoms with Crippen molar-refractivity contribution >= 4 is 17.6 Å². The number of piperidine rings is 1. The number of halogens is 2. The van der Waals surface area contributed by atoms with Crippen LogP contribution in [0, 0.1) is 5.82 Å². The van der Waals surface area contributed by atoms with E-state index in [2.05, 4.69) is 0 Å². The summed E-state index contributed by atoms with van der Waals surface area (Å²) in [6.45, 7) is 1.34. The molecule has 0 aromatic heterocycles. The molecule has 1 aromatic carbocycles. The number of rotatable bonds is 3. The summed E-state index contributed by atoms with van der Waals surface area (Å²) in [6, 6.07) is 3.27. The molecule has 98 valence electrons. The number of likely N-dealkylation sites (tertiary alicyclic amines) is 1. The first kappa shape index (κ1) is 13.3. The lowest BCUT2D eigenvalue weighted by atomic mass is 10.0. The molecule has 5 heteroatoms. The lowest BCUT2D eigenvalue weighted by Crippen LogP contribution is -2.38. The minimum Gasteiger partial charge on any atom is -0.480 e. The Balaban J connectivity index is 2.37. The van der Waals surface area contributed by atoms with Crippen molar-refractivity contribution in [2.24, 2.45) is 0 Å². The smallest absolute Gasteiger partial charge is 0.325 e. The van der Waals surface area contributed by atoms with Crippen LogP contribution in [-0.2, 0) is 4.79 Å². The van der Waals surface area contributed by atoms with Crippen LogP contribution in [0.1, 0.15) is 30.9 Å². The number of aliphatic carboxylic acids is 1. The van der Waals surface area contributed by atoms with Gasteiger partial charge in [0, 0.05) is 10.6 Å². The molecule has 0 amide bonds. The molecule has 0 radical (unpaired) electrons. The van der Waals surface area contributed by atoms with E-state index >= 15 is 0 Å². The average molecular weight is 272 g/mol. The summed E-state index contributed by atoms with van der Waals surface area (Å²) >= 11 is 5.96. The Morgan fingerprint density at radius 3 is 2.56 bits per heavy atom. The summed E-state index contributed by atoms with van der Waals surface area (Å²) in [7, 11) is 0. The zero-order valence-corrected chi connectivity index (χ0v) is 10.7. The van der Waals surface area contributed by atoms with Gasteiger partial charge in [-0.3, -0.25) is 9.69 Å². The highest BCUT2D eigenvalue weighted by atomic mass is 35.5. The van der Waals surface area contributed by atoms with E-state index in [-0.39, 0.29) is 10.6 Å². The highest BCUT2D eigenvalue weighted by Gasteiger charge is 2.32. The van der Waals surface area contributed by atoms with Gasteiger partial charge in [0.1, 0.15) is 11.9 Å². The fourth-order valence-electron chi connectivity index (χ4n) is 2.41. The van der Waals surface area contributed by atoms with Crippen molar-refractivity contribution in [2.45, 2.75) is 25.3 Å². The number of carboxylic acids is 1. The quantitative estimate of drug-likeness (QED) is 0.918. The minimum absolute atomic E-state index is 0.0774. The number of carbonyl (C=O) groups is 1. The van der Waals surface area contributed by atoms with Crippen LogP contribution in [0.3, 0.4) is 0 Å². The van der Waals surface area contributed by atoms with Crippen LogP contribution in [0.25, 0.3) is 0 Å². The molecule has 1 N–H and O–H groups in total. The number of benzene rings is 1. The van der Waals surface area contributed by atoms with Crippen molar-refractivity contribution in [3.8, 4) is 0 Å². The molecule has 0 bridgehead atoms. The van der Waals surface area contributed by atoms with Crippen molar-refractivity contribution in [3.63, 3.8) is 0 Å². The van der Waals surface area contributed by atoms with E-state index in [0.29, 0.717) is 13.1 Å². The van der Waals surface area contributed by atoms with E-state index in [1.807, 2.05) is 0 Å². The Hall–Kier alpha value is -1.13. The summed E-state index contributed by atoms with van der Waals surface area (Å²) in [5.41, 5.74) is 0.0774. The van der Waals surface area contributed by atoms with Crippen LogP contribution >= 0.6 is 11.6 Å². The normalized spacial score (nSPS) is 18.6. The third-order valence-electron chi connectivity index (χ3n) is 3.26. The van der Waals surface area contributed by atoms with Gasteiger partial charge in [0.25, 0.3) is 0 Å². The lowest BCUT2D eigenvalue weighted by molar-refractivity contribution is -0.144. The summed E-state index contributed by atoms with van der Waals surface area (Å²) in [5.74, 6) is -1.61. The van der Waals surface area contributed by atoms with Crippen LogP contribution in [0.15, 0.2) is 18.2 Å². The molecule has 1 fully saturated rings. The second kappa shape index (κ2) is 5.67. The molecule has 0 spiro atoms. The molecule has 0 saturated carbocycles. The standard InChI is InChI=1S/C13H15ClFNO2/c14-9-5-4-6-10(15)11(9)12(13(17)18)16-7-2-1-3-8-16/h4-6,12H,1-3,7-8H2,(H,17,18)/t12-/m1/s1. The molecule has 2 rings (SSSR count). The molecular weight excluding hydrogens is 257 g/mol. The van der Waals surface area contributed by atoms with Gasteiger partial charge in [0.15, 0.2) is 0 Å². The molecule has 1 saturated heterocycles. The molecule has 3 nitrogen and oxygen atoms in total. The Kier molecular flexibility index (Phi) is 4.19. The summed E-state index contributed by atoms with van der Waals surface area (Å²) in [4.78, 5) is 13.2. The van der Waals surface area contributed by atoms with Gasteiger partial charge in [-0.05, 0) is 38.1 Å². The van der Waals surface area contributed by atoms with E-state index in [0.717, 1.165) is 19.3 Å². The van der Waals surface area contributed by atoms with E-state index in [1.165, 1.54) is 18.2 Å². The summed E-state index contributed by atoms with van der Waals surface area (Å²) < 4.78 is 13.8. The molecule has 1 heterocycles. The van der Waals surface area contributed by atoms with Crippen LogP contribution in [-0.4, -0.2) is 29.1 Å². The number of hydrogen-bond acceptors (Lipinski definition) is 2. The van der Waals surface area contributed by atoms with Gasteiger partial charge in [-0.1, -0.05) is 24.1 Å². The van der Waals surface area contributed by atoms with Crippen LogP contribution in [0.2, 0.25) is 5.02 Å². The molecular formula is C13H15ClFNO2. The van der Waals surface area contributed by atoms with Crippen molar-refractivity contribution in [1.29, 1.82) is 0 Å². The average Bonchev–Trinajstić information content (AvgIpc) is 2.34. The predicted molar refractivity (Wildman–Crippen MR) is 67.2 cm³/mol. The Labute approximate surface area is 110 Å². The predicted octanol–water partition coefficient (Wildman–Crippen LogP) is 3.09. The molecule has 1 aliphatic heterocycles. The van der Waals surface area contributed by atoms with Crippen LogP contribution in [0.4, 0.5) is 4.39 Å². The Morgan fingerprint density at radius 1 is 1.33 bits per heavy atom. The van der Waals surface area contributed by atoms with Crippen molar-refractivity contribution < 1.29 is 14.3 Å². The SMILES string of the molecule is O=C(O)[C@@H](c1c(F)cccc1Cl)N1CCCCC1. The first-order valence-electron chi connectivity index (χ1n) is 6.02. The Bertz CT molecular complexity index is 426. The van der Waals surface area contributed by atoms with Gasteiger partial charge in [0.2, 0.25) is 0 Å². The van der Waals surface area contributed by atoms with Gasteiger partial charge in [-0.25, -0.2) is 4.39 Å².